The zero-order valence-electron chi connectivity index (χ0n) is 8.56. The second kappa shape index (κ2) is 5.98. The molecule has 5 heteroatoms. The molecule has 0 radical (unpaired) electrons. The number of rotatable bonds is 5. The molecule has 5 nitrogen and oxygen atoms in total. The number of hydrogen-bond acceptors (Lipinski definition) is 4. The predicted molar refractivity (Wildman–Crippen MR) is 54.3 cm³/mol. The van der Waals surface area contributed by atoms with Gasteiger partial charge in [0.2, 0.25) is 0 Å². The van der Waals surface area contributed by atoms with Crippen LogP contribution in [0.2, 0.25) is 0 Å². The maximum atomic E-state index is 11.0. The van der Waals surface area contributed by atoms with Crippen molar-refractivity contribution in [1.29, 1.82) is 0 Å². The molecule has 0 fully saturated rings. The average Bonchev–Trinajstić information content (AvgIpc) is 2.27. The quantitative estimate of drug-likeness (QED) is 0.722. The predicted octanol–water partition coefficient (Wildman–Crippen LogP) is 0.0888. The summed E-state index contributed by atoms with van der Waals surface area (Å²) in [6.45, 7) is 2.31. The topological polar surface area (TPSA) is 71.5 Å². The van der Waals surface area contributed by atoms with Crippen LogP contribution in [0.5, 0.6) is 5.75 Å². The van der Waals surface area contributed by atoms with Gasteiger partial charge in [-0.05, 0) is 19.1 Å². The minimum Gasteiger partial charge on any atom is -0.482 e. The van der Waals surface area contributed by atoms with Crippen molar-refractivity contribution < 1.29 is 14.6 Å². The van der Waals surface area contributed by atoms with Gasteiger partial charge in [0.15, 0.2) is 6.61 Å². The monoisotopic (exact) mass is 210 g/mol. The van der Waals surface area contributed by atoms with Gasteiger partial charge in [0.05, 0.1) is 18.5 Å². The van der Waals surface area contributed by atoms with Gasteiger partial charge in [-0.1, -0.05) is 0 Å². The molecule has 2 N–H and O–H groups in total. The van der Waals surface area contributed by atoms with Crippen LogP contribution in [-0.2, 0) is 11.4 Å². The second-order valence-electron chi connectivity index (χ2n) is 2.89. The Morgan fingerprint density at radius 3 is 2.93 bits per heavy atom. The van der Waals surface area contributed by atoms with Crippen molar-refractivity contribution in [3.05, 3.63) is 24.0 Å². The van der Waals surface area contributed by atoms with Crippen LogP contribution in [0, 0.1) is 0 Å². The molecular weight excluding hydrogens is 196 g/mol. The van der Waals surface area contributed by atoms with Crippen LogP contribution in [0.15, 0.2) is 18.3 Å². The van der Waals surface area contributed by atoms with Gasteiger partial charge in [-0.15, -0.1) is 0 Å². The van der Waals surface area contributed by atoms with Gasteiger partial charge in [-0.25, -0.2) is 0 Å². The molecule has 0 aromatic carbocycles. The number of nitrogens with one attached hydrogen (secondary N) is 1. The molecule has 0 aliphatic carbocycles. The van der Waals surface area contributed by atoms with E-state index in [0.29, 0.717) is 18.0 Å². The number of carbonyl (C=O) groups is 1. The Bertz CT molecular complexity index is 311. The van der Waals surface area contributed by atoms with Gasteiger partial charge < -0.3 is 15.2 Å². The zero-order chi connectivity index (χ0) is 11.1. The van der Waals surface area contributed by atoms with E-state index in [2.05, 4.69) is 10.3 Å². The number of amides is 1. The number of likely N-dealkylation sites (N-methyl/N-ethyl adjacent to an activating group) is 1. The number of aliphatic hydroxyl groups is 1. The first-order chi connectivity index (χ1) is 7.26. The number of aliphatic hydroxyl groups excluding tert-OH is 1. The smallest absolute Gasteiger partial charge is 0.257 e. The summed E-state index contributed by atoms with van der Waals surface area (Å²) in [5.41, 5.74) is 0.570. The molecule has 0 bridgehead atoms. The molecule has 0 saturated heterocycles. The van der Waals surface area contributed by atoms with Crippen LogP contribution >= 0.6 is 0 Å². The molecule has 1 aromatic rings. The first-order valence-electron chi connectivity index (χ1n) is 4.71. The van der Waals surface area contributed by atoms with Crippen molar-refractivity contribution >= 4 is 5.91 Å². The fourth-order valence-electron chi connectivity index (χ4n) is 0.987. The molecule has 0 unspecified atom stereocenters. The van der Waals surface area contributed by atoms with Crippen molar-refractivity contribution in [2.24, 2.45) is 0 Å². The summed E-state index contributed by atoms with van der Waals surface area (Å²) < 4.78 is 5.16. The van der Waals surface area contributed by atoms with E-state index in [-0.39, 0.29) is 19.1 Å². The molecule has 0 aliphatic heterocycles. The number of pyridine rings is 1. The first kappa shape index (κ1) is 11.5. The van der Waals surface area contributed by atoms with Crippen LogP contribution in [0.25, 0.3) is 0 Å². The molecule has 1 aromatic heterocycles. The molecular formula is C10H14N2O3. The standard InChI is InChI=1S/C10H14N2O3/c1-2-11-10(14)7-15-9-4-3-8(6-13)12-5-9/h3-5,13H,2,6-7H2,1H3,(H,11,14). The Kier molecular flexibility index (Phi) is 4.56. The molecule has 15 heavy (non-hydrogen) atoms. The van der Waals surface area contributed by atoms with Crippen LogP contribution < -0.4 is 10.1 Å². The summed E-state index contributed by atoms with van der Waals surface area (Å²) in [6, 6.07) is 3.31. The fourth-order valence-corrected chi connectivity index (χ4v) is 0.987. The maximum absolute atomic E-state index is 11.0. The SMILES string of the molecule is CCNC(=O)COc1ccc(CO)nc1. The summed E-state index contributed by atoms with van der Waals surface area (Å²) >= 11 is 0. The Morgan fingerprint density at radius 1 is 1.60 bits per heavy atom. The van der Waals surface area contributed by atoms with E-state index in [1.54, 1.807) is 12.1 Å². The van der Waals surface area contributed by atoms with E-state index in [0.717, 1.165) is 0 Å². The van der Waals surface area contributed by atoms with Crippen molar-refractivity contribution in [3.8, 4) is 5.75 Å². The van der Waals surface area contributed by atoms with Gasteiger partial charge in [0.25, 0.3) is 5.91 Å². The minimum atomic E-state index is -0.163. The number of ether oxygens (including phenoxy) is 1. The molecule has 1 amide bonds. The van der Waals surface area contributed by atoms with Crippen LogP contribution in [0.4, 0.5) is 0 Å². The van der Waals surface area contributed by atoms with Gasteiger partial charge in [0.1, 0.15) is 5.75 Å². The number of aromatic nitrogens is 1. The second-order valence-corrected chi connectivity index (χ2v) is 2.89. The molecule has 82 valence electrons. The highest BCUT2D eigenvalue weighted by Crippen LogP contribution is 2.08. The van der Waals surface area contributed by atoms with Crippen LogP contribution in [-0.4, -0.2) is 29.1 Å². The van der Waals surface area contributed by atoms with E-state index >= 15 is 0 Å². The molecule has 0 spiro atoms. The minimum absolute atomic E-state index is 0.0198. The van der Waals surface area contributed by atoms with Crippen molar-refractivity contribution in [2.45, 2.75) is 13.5 Å². The van der Waals surface area contributed by atoms with Gasteiger partial charge in [-0.2, -0.15) is 0 Å². The lowest BCUT2D eigenvalue weighted by molar-refractivity contribution is -0.122. The molecule has 1 rings (SSSR count). The normalized spacial score (nSPS) is 9.73. The summed E-state index contributed by atoms with van der Waals surface area (Å²) in [6.07, 6.45) is 1.48. The van der Waals surface area contributed by atoms with Crippen molar-refractivity contribution in [1.82, 2.24) is 10.3 Å². The summed E-state index contributed by atoms with van der Waals surface area (Å²) in [5, 5.41) is 11.4. The highest BCUT2D eigenvalue weighted by atomic mass is 16.5. The average molecular weight is 210 g/mol. The molecule has 0 atom stereocenters. The van der Waals surface area contributed by atoms with E-state index in [9.17, 15) is 4.79 Å². The largest absolute Gasteiger partial charge is 0.482 e. The van der Waals surface area contributed by atoms with Gasteiger partial charge in [0, 0.05) is 6.54 Å². The van der Waals surface area contributed by atoms with E-state index < -0.39 is 0 Å². The number of nitrogens with zero attached hydrogens (tertiary/aromatic N) is 1. The lowest BCUT2D eigenvalue weighted by atomic mass is 10.3. The van der Waals surface area contributed by atoms with E-state index in [1.165, 1.54) is 6.20 Å². The third-order valence-electron chi connectivity index (χ3n) is 1.70. The highest BCUT2D eigenvalue weighted by Gasteiger charge is 2.01. The Balaban J connectivity index is 2.40. The molecule has 1 heterocycles. The third kappa shape index (κ3) is 3.95. The molecule has 0 aliphatic rings. The molecule has 0 saturated carbocycles. The maximum Gasteiger partial charge on any atom is 0.257 e. The number of hydrogen-bond donors (Lipinski definition) is 2. The zero-order valence-corrected chi connectivity index (χ0v) is 8.56. The first-order valence-corrected chi connectivity index (χ1v) is 4.71. The van der Waals surface area contributed by atoms with E-state index in [4.69, 9.17) is 9.84 Å². The summed E-state index contributed by atoms with van der Waals surface area (Å²) in [7, 11) is 0. The summed E-state index contributed by atoms with van der Waals surface area (Å²) in [4.78, 5) is 15.0. The Hall–Kier alpha value is -1.62. The Morgan fingerprint density at radius 2 is 2.40 bits per heavy atom. The Labute approximate surface area is 88.1 Å². The summed E-state index contributed by atoms with van der Waals surface area (Å²) in [5.74, 6) is 0.349. The van der Waals surface area contributed by atoms with E-state index in [1.807, 2.05) is 6.92 Å². The van der Waals surface area contributed by atoms with Crippen LogP contribution in [0.3, 0.4) is 0 Å². The van der Waals surface area contributed by atoms with Crippen LogP contribution in [0.1, 0.15) is 12.6 Å². The highest BCUT2D eigenvalue weighted by molar-refractivity contribution is 5.77. The number of carbonyl (C=O) groups excluding carboxylic acids is 1. The van der Waals surface area contributed by atoms with Gasteiger partial charge in [-0.3, -0.25) is 9.78 Å². The lowest BCUT2D eigenvalue weighted by Gasteiger charge is -2.05. The van der Waals surface area contributed by atoms with Crippen molar-refractivity contribution in [2.75, 3.05) is 13.2 Å². The third-order valence-corrected chi connectivity index (χ3v) is 1.70. The van der Waals surface area contributed by atoms with Crippen molar-refractivity contribution in [3.63, 3.8) is 0 Å². The lowest BCUT2D eigenvalue weighted by Crippen LogP contribution is -2.28. The van der Waals surface area contributed by atoms with Gasteiger partial charge >= 0.3 is 0 Å². The fraction of sp³-hybridized carbons (Fsp3) is 0.400.